The van der Waals surface area contributed by atoms with Crippen molar-refractivity contribution < 1.29 is 16.8 Å². The van der Waals surface area contributed by atoms with Gasteiger partial charge in [0.1, 0.15) is 0 Å². The Labute approximate surface area is 114 Å². The smallest absolute Gasteiger partial charge is 0.224 e. The lowest BCUT2D eigenvalue weighted by Crippen LogP contribution is -2.16. The Morgan fingerprint density at radius 3 is 2.00 bits per heavy atom. The Morgan fingerprint density at radius 2 is 1.47 bits per heavy atom. The van der Waals surface area contributed by atoms with Crippen molar-refractivity contribution in [1.29, 1.82) is 0 Å². The average molecular weight is 306 g/mol. The molecule has 19 heavy (non-hydrogen) atoms. The molecule has 0 aromatic carbocycles. The molecule has 0 aliphatic rings. The molecule has 0 atom stereocenters. The molecular weight excluding hydrogens is 288 g/mol. The molecule has 1 aromatic heterocycles. The van der Waals surface area contributed by atoms with Gasteiger partial charge >= 0.3 is 0 Å². The fourth-order valence-corrected chi connectivity index (χ4v) is 4.17. The van der Waals surface area contributed by atoms with E-state index in [1.807, 2.05) is 0 Å². The highest BCUT2D eigenvalue weighted by molar-refractivity contribution is 7.92. The van der Waals surface area contributed by atoms with E-state index < -0.39 is 24.8 Å². The number of hydrogen-bond donors (Lipinski definition) is 0. The highest BCUT2D eigenvalue weighted by atomic mass is 32.2. The van der Waals surface area contributed by atoms with Crippen molar-refractivity contribution in [3.05, 3.63) is 11.8 Å². The largest absolute Gasteiger partial charge is 0.248 e. The zero-order valence-electron chi connectivity index (χ0n) is 11.2. The van der Waals surface area contributed by atoms with Crippen molar-refractivity contribution in [2.45, 2.75) is 43.8 Å². The molecule has 0 N–H and O–H groups in total. The Hall–Kier alpha value is -1.02. The van der Waals surface area contributed by atoms with Gasteiger partial charge in [0.2, 0.25) is 15.0 Å². The number of nitrogens with zero attached hydrogens (tertiary/aromatic N) is 2. The van der Waals surface area contributed by atoms with Gasteiger partial charge in [-0.25, -0.2) is 26.8 Å². The Morgan fingerprint density at radius 1 is 0.947 bits per heavy atom. The van der Waals surface area contributed by atoms with E-state index >= 15 is 0 Å². The number of sulfone groups is 2. The molecule has 0 saturated heterocycles. The SMILES string of the molecule is CCCS(=O)(=O)c1cc(C)nc(S(=O)(=O)CCC)n1. The quantitative estimate of drug-likeness (QED) is 0.578. The predicted molar refractivity (Wildman–Crippen MR) is 71.5 cm³/mol. The highest BCUT2D eigenvalue weighted by Gasteiger charge is 2.22. The molecule has 0 bridgehead atoms. The highest BCUT2D eigenvalue weighted by Crippen LogP contribution is 2.14. The van der Waals surface area contributed by atoms with Gasteiger partial charge in [-0.1, -0.05) is 13.8 Å². The summed E-state index contributed by atoms with van der Waals surface area (Å²) in [6.07, 6.45) is 0.874. The third kappa shape index (κ3) is 3.97. The molecule has 0 fully saturated rings. The number of hydrogen-bond acceptors (Lipinski definition) is 6. The van der Waals surface area contributed by atoms with Crippen molar-refractivity contribution in [3.63, 3.8) is 0 Å². The summed E-state index contributed by atoms with van der Waals surface area (Å²) in [7, 11) is -7.16. The molecule has 8 heteroatoms. The van der Waals surface area contributed by atoms with Gasteiger partial charge in [0.05, 0.1) is 11.5 Å². The Balaban J connectivity index is 3.38. The van der Waals surface area contributed by atoms with Gasteiger partial charge in [-0.3, -0.25) is 0 Å². The Bertz CT molecular complexity index is 597. The van der Waals surface area contributed by atoms with E-state index in [0.29, 0.717) is 18.5 Å². The predicted octanol–water partition coefficient (Wildman–Crippen LogP) is 1.15. The number of aromatic nitrogens is 2. The van der Waals surface area contributed by atoms with Crippen LogP contribution in [0.5, 0.6) is 0 Å². The lowest BCUT2D eigenvalue weighted by Gasteiger charge is -2.06. The normalized spacial score (nSPS) is 12.6. The lowest BCUT2D eigenvalue weighted by atomic mass is 10.5. The summed E-state index contributed by atoms with van der Waals surface area (Å²) in [4.78, 5) is 7.56. The summed E-state index contributed by atoms with van der Waals surface area (Å²) in [6.45, 7) is 5.01. The minimum Gasteiger partial charge on any atom is -0.224 e. The maximum atomic E-state index is 11.9. The standard InChI is InChI=1S/C11H18N2O4S2/c1-4-6-18(14,15)10-8-9(3)12-11(13-10)19(16,17)7-5-2/h8H,4-7H2,1-3H3. The molecule has 0 amide bonds. The minimum absolute atomic E-state index is 0.0588. The van der Waals surface area contributed by atoms with Crippen molar-refractivity contribution >= 4 is 19.7 Å². The van der Waals surface area contributed by atoms with Gasteiger partial charge in [-0.15, -0.1) is 0 Å². The maximum absolute atomic E-state index is 11.9. The summed E-state index contributed by atoms with van der Waals surface area (Å²) in [6, 6.07) is 1.30. The summed E-state index contributed by atoms with van der Waals surface area (Å²) >= 11 is 0. The monoisotopic (exact) mass is 306 g/mol. The van der Waals surface area contributed by atoms with Crippen LogP contribution in [0.2, 0.25) is 0 Å². The molecule has 1 heterocycles. The first-order valence-electron chi connectivity index (χ1n) is 6.04. The van der Waals surface area contributed by atoms with Crippen LogP contribution in [-0.4, -0.2) is 38.3 Å². The van der Waals surface area contributed by atoms with Crippen LogP contribution in [0.15, 0.2) is 16.2 Å². The molecule has 0 unspecified atom stereocenters. The molecule has 1 rings (SSSR count). The van der Waals surface area contributed by atoms with Crippen molar-refractivity contribution in [3.8, 4) is 0 Å². The van der Waals surface area contributed by atoms with Crippen LogP contribution in [0, 0.1) is 6.92 Å². The maximum Gasteiger partial charge on any atom is 0.248 e. The van der Waals surface area contributed by atoms with Crippen molar-refractivity contribution in [2.24, 2.45) is 0 Å². The van der Waals surface area contributed by atoms with Gasteiger partial charge in [0, 0.05) is 5.69 Å². The van der Waals surface area contributed by atoms with Crippen LogP contribution in [-0.2, 0) is 19.7 Å². The summed E-state index contributed by atoms with van der Waals surface area (Å²) < 4.78 is 47.7. The third-order valence-electron chi connectivity index (χ3n) is 2.35. The van der Waals surface area contributed by atoms with E-state index in [1.165, 1.54) is 6.07 Å². The van der Waals surface area contributed by atoms with E-state index in [9.17, 15) is 16.8 Å². The van der Waals surface area contributed by atoms with Gasteiger partial charge in [0.15, 0.2) is 14.9 Å². The van der Waals surface area contributed by atoms with Crippen molar-refractivity contribution in [1.82, 2.24) is 9.97 Å². The fraction of sp³-hybridized carbons (Fsp3) is 0.636. The fourth-order valence-electron chi connectivity index (χ4n) is 1.55. The molecule has 0 aliphatic carbocycles. The molecule has 0 spiro atoms. The first-order chi connectivity index (χ1) is 8.73. The first-order valence-corrected chi connectivity index (χ1v) is 9.34. The summed E-state index contributed by atoms with van der Waals surface area (Å²) in [5.74, 6) is -0.152. The van der Waals surface area contributed by atoms with Gasteiger partial charge < -0.3 is 0 Å². The van der Waals surface area contributed by atoms with Crippen LogP contribution >= 0.6 is 0 Å². The molecule has 6 nitrogen and oxygen atoms in total. The van der Waals surface area contributed by atoms with Crippen LogP contribution < -0.4 is 0 Å². The minimum atomic E-state index is -3.62. The van der Waals surface area contributed by atoms with E-state index in [2.05, 4.69) is 9.97 Å². The number of aryl methyl sites for hydroxylation is 1. The Kier molecular flexibility index (Phi) is 5.03. The molecule has 0 aliphatic heterocycles. The lowest BCUT2D eigenvalue weighted by molar-refractivity contribution is 0.576. The first kappa shape index (κ1) is 16.0. The zero-order valence-corrected chi connectivity index (χ0v) is 12.9. The second-order valence-electron chi connectivity index (χ2n) is 4.27. The number of rotatable bonds is 6. The molecule has 0 saturated carbocycles. The molecular formula is C11H18N2O4S2. The van der Waals surface area contributed by atoms with Crippen LogP contribution in [0.4, 0.5) is 0 Å². The topological polar surface area (TPSA) is 94.1 Å². The van der Waals surface area contributed by atoms with E-state index in [4.69, 9.17) is 0 Å². The van der Waals surface area contributed by atoms with E-state index in [-0.39, 0.29) is 16.5 Å². The zero-order chi connectivity index (χ0) is 14.7. The van der Waals surface area contributed by atoms with Crippen LogP contribution in [0.1, 0.15) is 32.4 Å². The van der Waals surface area contributed by atoms with E-state index in [1.54, 1.807) is 20.8 Å². The molecule has 108 valence electrons. The van der Waals surface area contributed by atoms with Gasteiger partial charge in [-0.05, 0) is 25.8 Å². The summed E-state index contributed by atoms with van der Waals surface area (Å²) in [5.41, 5.74) is 0.333. The summed E-state index contributed by atoms with van der Waals surface area (Å²) in [5, 5.41) is -0.611. The average Bonchev–Trinajstić information content (AvgIpc) is 2.28. The third-order valence-corrected chi connectivity index (χ3v) is 5.83. The molecule has 0 radical (unpaired) electrons. The van der Waals surface area contributed by atoms with Crippen LogP contribution in [0.25, 0.3) is 0 Å². The molecule has 1 aromatic rings. The second-order valence-corrected chi connectivity index (χ2v) is 8.33. The second kappa shape index (κ2) is 5.96. The van der Waals surface area contributed by atoms with Gasteiger partial charge in [0.25, 0.3) is 0 Å². The van der Waals surface area contributed by atoms with Gasteiger partial charge in [-0.2, -0.15) is 0 Å². The van der Waals surface area contributed by atoms with Crippen LogP contribution in [0.3, 0.4) is 0 Å². The van der Waals surface area contributed by atoms with E-state index in [0.717, 1.165) is 0 Å². The van der Waals surface area contributed by atoms with Crippen molar-refractivity contribution in [2.75, 3.05) is 11.5 Å².